The van der Waals surface area contributed by atoms with Gasteiger partial charge in [-0.05, 0) is 35.3 Å². The lowest BCUT2D eigenvalue weighted by molar-refractivity contribution is 0.343. The monoisotopic (exact) mass is 286 g/mol. The molecule has 0 unspecified atom stereocenters. The third-order valence-electron chi connectivity index (χ3n) is 3.09. The molecular weight excluding hydrogens is 268 g/mol. The van der Waals surface area contributed by atoms with Gasteiger partial charge in [0, 0.05) is 0 Å². The molecule has 2 aromatic rings. The number of benzene rings is 2. The van der Waals surface area contributed by atoms with E-state index < -0.39 is 0 Å². The summed E-state index contributed by atoms with van der Waals surface area (Å²) < 4.78 is 5.47. The molecular formula is C18H19ClO. The van der Waals surface area contributed by atoms with Gasteiger partial charge in [0.15, 0.2) is 0 Å². The third kappa shape index (κ3) is 4.14. The number of hydrogen-bond acceptors (Lipinski definition) is 1. The predicted octanol–water partition coefficient (Wildman–Crippen LogP) is 5.25. The van der Waals surface area contributed by atoms with Gasteiger partial charge in [0.25, 0.3) is 0 Å². The minimum atomic E-state index is 0.510. The number of ether oxygens (including phenoxy) is 1. The zero-order valence-electron chi connectivity index (χ0n) is 11.7. The Hall–Kier alpha value is -1.73. The van der Waals surface area contributed by atoms with E-state index in [-0.39, 0.29) is 0 Å². The number of allylic oxidation sites excluding steroid dienone is 1. The highest BCUT2D eigenvalue weighted by Gasteiger charge is 1.99. The van der Waals surface area contributed by atoms with Crippen molar-refractivity contribution in [1.29, 1.82) is 0 Å². The average molecular weight is 287 g/mol. The maximum Gasteiger partial charge on any atom is 0.119 e. The van der Waals surface area contributed by atoms with E-state index in [1.165, 1.54) is 16.7 Å². The van der Waals surface area contributed by atoms with Gasteiger partial charge in [-0.25, -0.2) is 0 Å². The van der Waals surface area contributed by atoms with Crippen molar-refractivity contribution >= 4 is 23.3 Å². The van der Waals surface area contributed by atoms with Crippen molar-refractivity contribution in [1.82, 2.24) is 0 Å². The second-order valence-electron chi connectivity index (χ2n) is 4.50. The van der Waals surface area contributed by atoms with Gasteiger partial charge in [-0.15, -0.1) is 11.6 Å². The molecule has 0 atom stereocenters. The zero-order valence-corrected chi connectivity index (χ0v) is 12.4. The Labute approximate surface area is 125 Å². The van der Waals surface area contributed by atoms with Crippen LogP contribution in [-0.2, 0) is 0 Å². The standard InChI is InChI=1S/C18H19ClO/c1-2-16(17-6-4-3-5-7-17)14-15-8-10-18(11-9-15)20-13-12-19/h3-11,14H,2,12-13H2,1H3/b16-14+. The van der Waals surface area contributed by atoms with Crippen LogP contribution in [0.5, 0.6) is 5.75 Å². The molecule has 0 amide bonds. The SMILES string of the molecule is CC/C(=C\c1ccc(OCCCl)cc1)c1ccccc1. The number of rotatable bonds is 6. The van der Waals surface area contributed by atoms with E-state index in [1.54, 1.807) is 0 Å². The van der Waals surface area contributed by atoms with Gasteiger partial charge in [0.05, 0.1) is 5.88 Å². The Bertz CT molecular complexity index is 543. The van der Waals surface area contributed by atoms with Crippen molar-refractivity contribution in [3.8, 4) is 5.75 Å². The molecule has 0 heterocycles. The molecule has 0 saturated heterocycles. The van der Waals surface area contributed by atoms with Gasteiger partial charge in [0.1, 0.15) is 12.4 Å². The first kappa shape index (κ1) is 14.7. The fourth-order valence-corrected chi connectivity index (χ4v) is 2.14. The second-order valence-corrected chi connectivity index (χ2v) is 4.87. The molecule has 104 valence electrons. The third-order valence-corrected chi connectivity index (χ3v) is 3.25. The molecule has 2 rings (SSSR count). The highest BCUT2D eigenvalue weighted by Crippen LogP contribution is 2.22. The average Bonchev–Trinajstić information content (AvgIpc) is 2.52. The van der Waals surface area contributed by atoms with Crippen molar-refractivity contribution in [2.45, 2.75) is 13.3 Å². The van der Waals surface area contributed by atoms with E-state index in [9.17, 15) is 0 Å². The van der Waals surface area contributed by atoms with Gasteiger partial charge < -0.3 is 4.74 Å². The van der Waals surface area contributed by atoms with E-state index in [0.29, 0.717) is 12.5 Å². The fraction of sp³-hybridized carbons (Fsp3) is 0.222. The number of hydrogen-bond donors (Lipinski definition) is 0. The Kier molecular flexibility index (Phi) is 5.69. The summed E-state index contributed by atoms with van der Waals surface area (Å²) in [5.41, 5.74) is 3.79. The van der Waals surface area contributed by atoms with Crippen LogP contribution >= 0.6 is 11.6 Å². The van der Waals surface area contributed by atoms with Crippen LogP contribution in [0, 0.1) is 0 Å². The van der Waals surface area contributed by atoms with Crippen LogP contribution in [0.3, 0.4) is 0 Å². The van der Waals surface area contributed by atoms with Crippen molar-refractivity contribution < 1.29 is 4.74 Å². The van der Waals surface area contributed by atoms with Crippen LogP contribution in [0.25, 0.3) is 11.6 Å². The van der Waals surface area contributed by atoms with Crippen molar-refractivity contribution in [2.75, 3.05) is 12.5 Å². The highest BCUT2D eigenvalue weighted by atomic mass is 35.5. The minimum absolute atomic E-state index is 0.510. The van der Waals surface area contributed by atoms with Gasteiger partial charge in [-0.3, -0.25) is 0 Å². The molecule has 2 heteroatoms. The van der Waals surface area contributed by atoms with Crippen LogP contribution < -0.4 is 4.74 Å². The summed E-state index contributed by atoms with van der Waals surface area (Å²) >= 11 is 5.60. The maximum atomic E-state index is 5.60. The molecule has 0 N–H and O–H groups in total. The molecule has 2 aromatic carbocycles. The van der Waals surface area contributed by atoms with Crippen LogP contribution in [-0.4, -0.2) is 12.5 Å². The molecule has 0 bridgehead atoms. The first-order valence-corrected chi connectivity index (χ1v) is 7.41. The van der Waals surface area contributed by atoms with E-state index in [0.717, 1.165) is 12.2 Å². The van der Waals surface area contributed by atoms with Crippen LogP contribution in [0.15, 0.2) is 54.6 Å². The molecule has 0 saturated carbocycles. The maximum absolute atomic E-state index is 5.60. The molecule has 0 aliphatic carbocycles. The number of halogens is 1. The Morgan fingerprint density at radius 3 is 2.35 bits per heavy atom. The zero-order chi connectivity index (χ0) is 14.2. The van der Waals surface area contributed by atoms with Crippen LogP contribution in [0.1, 0.15) is 24.5 Å². The topological polar surface area (TPSA) is 9.23 Å². The molecule has 0 spiro atoms. The largest absolute Gasteiger partial charge is 0.492 e. The lowest BCUT2D eigenvalue weighted by Gasteiger charge is -2.07. The fourth-order valence-electron chi connectivity index (χ4n) is 2.06. The quantitative estimate of drug-likeness (QED) is 0.520. The van der Waals surface area contributed by atoms with Gasteiger partial charge in [-0.1, -0.05) is 55.5 Å². The molecule has 0 aliphatic rings. The van der Waals surface area contributed by atoms with Crippen molar-refractivity contribution in [2.24, 2.45) is 0 Å². The smallest absolute Gasteiger partial charge is 0.119 e. The summed E-state index contributed by atoms with van der Waals surface area (Å²) in [6.07, 6.45) is 3.23. The van der Waals surface area contributed by atoms with E-state index in [1.807, 2.05) is 18.2 Å². The Balaban J connectivity index is 2.16. The summed E-state index contributed by atoms with van der Waals surface area (Å²) in [6.45, 7) is 2.72. The summed E-state index contributed by atoms with van der Waals surface area (Å²) in [4.78, 5) is 0. The molecule has 1 nitrogen and oxygen atoms in total. The van der Waals surface area contributed by atoms with Gasteiger partial charge in [-0.2, -0.15) is 0 Å². The van der Waals surface area contributed by atoms with Crippen molar-refractivity contribution in [3.63, 3.8) is 0 Å². The Morgan fingerprint density at radius 2 is 1.75 bits per heavy atom. The highest BCUT2D eigenvalue weighted by molar-refractivity contribution is 6.18. The van der Waals surface area contributed by atoms with Gasteiger partial charge in [0.2, 0.25) is 0 Å². The lowest BCUT2D eigenvalue weighted by atomic mass is 10.0. The molecule has 20 heavy (non-hydrogen) atoms. The van der Waals surface area contributed by atoms with E-state index >= 15 is 0 Å². The molecule has 0 aromatic heterocycles. The summed E-state index contributed by atoms with van der Waals surface area (Å²) in [5.74, 6) is 1.37. The van der Waals surface area contributed by atoms with E-state index in [4.69, 9.17) is 16.3 Å². The molecule has 0 fully saturated rings. The molecule has 0 radical (unpaired) electrons. The number of alkyl halides is 1. The van der Waals surface area contributed by atoms with Crippen LogP contribution in [0.2, 0.25) is 0 Å². The Morgan fingerprint density at radius 1 is 1.05 bits per heavy atom. The van der Waals surface area contributed by atoms with E-state index in [2.05, 4.69) is 49.4 Å². The summed E-state index contributed by atoms with van der Waals surface area (Å²) in [5, 5.41) is 0. The second kappa shape index (κ2) is 7.76. The first-order chi connectivity index (χ1) is 9.83. The summed E-state index contributed by atoms with van der Waals surface area (Å²) in [6, 6.07) is 18.6. The summed E-state index contributed by atoms with van der Waals surface area (Å²) in [7, 11) is 0. The minimum Gasteiger partial charge on any atom is -0.492 e. The van der Waals surface area contributed by atoms with Crippen molar-refractivity contribution in [3.05, 3.63) is 65.7 Å². The van der Waals surface area contributed by atoms with Gasteiger partial charge >= 0.3 is 0 Å². The molecule has 0 aliphatic heterocycles. The predicted molar refractivity (Wildman–Crippen MR) is 87.3 cm³/mol. The first-order valence-electron chi connectivity index (χ1n) is 6.88. The lowest BCUT2D eigenvalue weighted by Crippen LogP contribution is -1.97. The normalized spacial score (nSPS) is 11.4. The van der Waals surface area contributed by atoms with Crippen LogP contribution in [0.4, 0.5) is 0 Å².